The van der Waals surface area contributed by atoms with Gasteiger partial charge in [-0.15, -0.1) is 0 Å². The van der Waals surface area contributed by atoms with Crippen LogP contribution >= 0.6 is 0 Å². The molecule has 1 fully saturated rings. The second kappa shape index (κ2) is 6.03. The maximum atomic E-state index is 12.5. The minimum absolute atomic E-state index is 0.233. The third kappa shape index (κ3) is 2.98. The van der Waals surface area contributed by atoms with E-state index in [1.807, 2.05) is 6.92 Å². The van der Waals surface area contributed by atoms with Gasteiger partial charge in [-0.2, -0.15) is 0 Å². The molecule has 2 rings (SSSR count). The number of aryl methyl sites for hydroxylation is 1. The molecule has 20 heavy (non-hydrogen) atoms. The molecule has 0 aliphatic carbocycles. The maximum absolute atomic E-state index is 12.5. The number of carboxylic acids is 1. The van der Waals surface area contributed by atoms with Crippen molar-refractivity contribution in [2.45, 2.75) is 39.2 Å². The lowest BCUT2D eigenvalue weighted by atomic mass is 9.88. The lowest BCUT2D eigenvalue weighted by Gasteiger charge is -2.37. The molecule has 0 spiro atoms. The second-order valence-corrected chi connectivity index (χ2v) is 5.40. The number of carbonyl (C=O) groups is 2. The van der Waals surface area contributed by atoms with E-state index in [0.717, 1.165) is 18.4 Å². The van der Waals surface area contributed by atoms with E-state index in [0.29, 0.717) is 24.4 Å². The first kappa shape index (κ1) is 14.5. The van der Waals surface area contributed by atoms with Crippen LogP contribution in [0.1, 0.15) is 42.1 Å². The summed E-state index contributed by atoms with van der Waals surface area (Å²) < 4.78 is 0. The molecule has 108 valence electrons. The molecule has 1 aliphatic rings. The van der Waals surface area contributed by atoms with Gasteiger partial charge in [-0.3, -0.25) is 9.78 Å². The SMILES string of the molecule is CCC1CCN(C(=O)c2cncc(C)c2)C(C(=O)O)C1. The first-order valence-electron chi connectivity index (χ1n) is 6.98. The van der Waals surface area contributed by atoms with Gasteiger partial charge in [0.2, 0.25) is 0 Å². The fourth-order valence-electron chi connectivity index (χ4n) is 2.72. The van der Waals surface area contributed by atoms with Gasteiger partial charge in [0.05, 0.1) is 5.56 Å². The third-order valence-electron chi connectivity index (χ3n) is 3.96. The highest BCUT2D eigenvalue weighted by Crippen LogP contribution is 2.26. The van der Waals surface area contributed by atoms with Gasteiger partial charge in [-0.05, 0) is 37.3 Å². The number of hydrogen-bond donors (Lipinski definition) is 1. The molecule has 5 heteroatoms. The van der Waals surface area contributed by atoms with Crippen LogP contribution in [0.5, 0.6) is 0 Å². The van der Waals surface area contributed by atoms with E-state index in [1.54, 1.807) is 12.3 Å². The summed E-state index contributed by atoms with van der Waals surface area (Å²) in [5, 5.41) is 9.36. The Labute approximate surface area is 118 Å². The summed E-state index contributed by atoms with van der Waals surface area (Å²) in [7, 11) is 0. The molecule has 1 N–H and O–H groups in total. The zero-order valence-electron chi connectivity index (χ0n) is 11.9. The van der Waals surface area contributed by atoms with Gasteiger partial charge in [0.25, 0.3) is 5.91 Å². The van der Waals surface area contributed by atoms with Crippen LogP contribution in [0.3, 0.4) is 0 Å². The Balaban J connectivity index is 2.21. The highest BCUT2D eigenvalue weighted by Gasteiger charge is 2.36. The molecule has 0 saturated carbocycles. The number of carbonyl (C=O) groups excluding carboxylic acids is 1. The number of likely N-dealkylation sites (tertiary alicyclic amines) is 1. The second-order valence-electron chi connectivity index (χ2n) is 5.40. The molecule has 0 aromatic carbocycles. The van der Waals surface area contributed by atoms with Crippen molar-refractivity contribution in [2.75, 3.05) is 6.54 Å². The summed E-state index contributed by atoms with van der Waals surface area (Å²) in [6, 6.07) is 1.03. The monoisotopic (exact) mass is 276 g/mol. The number of piperidine rings is 1. The highest BCUT2D eigenvalue weighted by atomic mass is 16.4. The fraction of sp³-hybridized carbons (Fsp3) is 0.533. The Morgan fingerprint density at radius 1 is 1.45 bits per heavy atom. The predicted molar refractivity (Wildman–Crippen MR) is 74.4 cm³/mol. The summed E-state index contributed by atoms with van der Waals surface area (Å²) >= 11 is 0. The first-order valence-corrected chi connectivity index (χ1v) is 6.98. The van der Waals surface area contributed by atoms with Crippen molar-refractivity contribution >= 4 is 11.9 Å². The Hall–Kier alpha value is -1.91. The maximum Gasteiger partial charge on any atom is 0.326 e. The van der Waals surface area contributed by atoms with Crippen LogP contribution in [0.4, 0.5) is 0 Å². The summed E-state index contributed by atoms with van der Waals surface area (Å²) in [6.07, 6.45) is 5.54. The Morgan fingerprint density at radius 2 is 2.20 bits per heavy atom. The lowest BCUT2D eigenvalue weighted by Crippen LogP contribution is -2.50. The van der Waals surface area contributed by atoms with Crippen molar-refractivity contribution in [3.63, 3.8) is 0 Å². The van der Waals surface area contributed by atoms with E-state index in [9.17, 15) is 14.7 Å². The molecule has 1 amide bonds. The average Bonchev–Trinajstić information content (AvgIpc) is 2.45. The van der Waals surface area contributed by atoms with Crippen LogP contribution in [-0.2, 0) is 4.79 Å². The predicted octanol–water partition coefficient (Wildman–Crippen LogP) is 2.11. The lowest BCUT2D eigenvalue weighted by molar-refractivity contribution is -0.144. The Bertz CT molecular complexity index is 516. The largest absolute Gasteiger partial charge is 0.480 e. The van der Waals surface area contributed by atoms with E-state index >= 15 is 0 Å². The number of aliphatic carboxylic acids is 1. The van der Waals surface area contributed by atoms with E-state index in [-0.39, 0.29) is 5.91 Å². The molecule has 2 heterocycles. The van der Waals surface area contributed by atoms with E-state index in [2.05, 4.69) is 11.9 Å². The zero-order chi connectivity index (χ0) is 14.7. The summed E-state index contributed by atoms with van der Waals surface area (Å²) in [6.45, 7) is 4.43. The van der Waals surface area contributed by atoms with Gasteiger partial charge < -0.3 is 10.0 Å². The number of hydrogen-bond acceptors (Lipinski definition) is 3. The standard InChI is InChI=1S/C15H20N2O3/c1-3-11-4-5-17(13(7-11)15(19)20)14(18)12-6-10(2)8-16-9-12/h6,8-9,11,13H,3-5,7H2,1-2H3,(H,19,20). The molecule has 0 bridgehead atoms. The number of pyridine rings is 1. The fourth-order valence-corrected chi connectivity index (χ4v) is 2.72. The van der Waals surface area contributed by atoms with Gasteiger partial charge in [-0.1, -0.05) is 13.3 Å². The van der Waals surface area contributed by atoms with Gasteiger partial charge in [-0.25, -0.2) is 4.79 Å². The van der Waals surface area contributed by atoms with Crippen LogP contribution in [0, 0.1) is 12.8 Å². The van der Waals surface area contributed by atoms with Crippen molar-refractivity contribution in [3.8, 4) is 0 Å². The number of nitrogens with zero attached hydrogens (tertiary/aromatic N) is 2. The van der Waals surface area contributed by atoms with E-state index in [4.69, 9.17) is 0 Å². The van der Waals surface area contributed by atoms with Crippen molar-refractivity contribution in [3.05, 3.63) is 29.6 Å². The van der Waals surface area contributed by atoms with Gasteiger partial charge in [0.1, 0.15) is 6.04 Å². The van der Waals surface area contributed by atoms with Gasteiger partial charge >= 0.3 is 5.97 Å². The molecule has 1 aromatic heterocycles. The number of carboxylic acid groups (broad SMARTS) is 1. The quantitative estimate of drug-likeness (QED) is 0.917. The average molecular weight is 276 g/mol. The molecule has 5 nitrogen and oxygen atoms in total. The van der Waals surface area contributed by atoms with E-state index < -0.39 is 12.0 Å². The molecule has 1 aliphatic heterocycles. The van der Waals surface area contributed by atoms with Crippen LogP contribution in [0.25, 0.3) is 0 Å². The van der Waals surface area contributed by atoms with Crippen LogP contribution in [0.2, 0.25) is 0 Å². The molecule has 2 unspecified atom stereocenters. The summed E-state index contributed by atoms with van der Waals surface area (Å²) in [5.74, 6) is -0.768. The van der Waals surface area contributed by atoms with E-state index in [1.165, 1.54) is 11.1 Å². The number of rotatable bonds is 3. The van der Waals surface area contributed by atoms with Crippen molar-refractivity contribution in [1.82, 2.24) is 9.88 Å². The minimum atomic E-state index is -0.919. The number of aromatic nitrogens is 1. The molecular formula is C15H20N2O3. The van der Waals surface area contributed by atoms with Crippen molar-refractivity contribution < 1.29 is 14.7 Å². The molecular weight excluding hydrogens is 256 g/mol. The molecule has 2 atom stereocenters. The molecule has 1 saturated heterocycles. The van der Waals surface area contributed by atoms with Crippen molar-refractivity contribution in [1.29, 1.82) is 0 Å². The normalized spacial score (nSPS) is 22.6. The minimum Gasteiger partial charge on any atom is -0.480 e. The zero-order valence-corrected chi connectivity index (χ0v) is 11.9. The van der Waals surface area contributed by atoms with Gasteiger partial charge in [0, 0.05) is 18.9 Å². The van der Waals surface area contributed by atoms with Crippen LogP contribution in [0.15, 0.2) is 18.5 Å². The summed E-state index contributed by atoms with van der Waals surface area (Å²) in [5.41, 5.74) is 1.36. The topological polar surface area (TPSA) is 70.5 Å². The van der Waals surface area contributed by atoms with Crippen LogP contribution < -0.4 is 0 Å². The third-order valence-corrected chi connectivity index (χ3v) is 3.96. The highest BCUT2D eigenvalue weighted by molar-refractivity contribution is 5.96. The van der Waals surface area contributed by atoms with Crippen LogP contribution in [-0.4, -0.2) is 39.5 Å². The smallest absolute Gasteiger partial charge is 0.326 e. The Kier molecular flexibility index (Phi) is 4.37. The van der Waals surface area contributed by atoms with Crippen molar-refractivity contribution in [2.24, 2.45) is 5.92 Å². The first-order chi connectivity index (χ1) is 9.52. The summed E-state index contributed by atoms with van der Waals surface area (Å²) in [4.78, 5) is 29.4. The Morgan fingerprint density at radius 3 is 2.80 bits per heavy atom. The number of amides is 1. The van der Waals surface area contributed by atoms with Gasteiger partial charge in [0.15, 0.2) is 0 Å². The molecule has 1 aromatic rings. The molecule has 0 radical (unpaired) electrons.